The van der Waals surface area contributed by atoms with Crippen molar-refractivity contribution >= 4 is 13.1 Å². The third kappa shape index (κ3) is 45.0. The quantitative estimate of drug-likeness (QED) is 0.334. The molecule has 0 radical (unpaired) electrons. The summed E-state index contributed by atoms with van der Waals surface area (Å²) in [6, 6.07) is 0. The van der Waals surface area contributed by atoms with E-state index in [4.69, 9.17) is 0 Å². The maximum absolute atomic E-state index is 9.29. The second kappa shape index (κ2) is 15.8. The first-order valence-electron chi connectivity index (χ1n) is 2.49. The molecule has 0 saturated carbocycles. The lowest BCUT2D eigenvalue weighted by Gasteiger charge is -1.78. The Labute approximate surface area is 54.9 Å². The van der Waals surface area contributed by atoms with E-state index in [1.54, 1.807) is 0 Å². The molecule has 0 fully saturated rings. The minimum atomic E-state index is 0.681. The van der Waals surface area contributed by atoms with E-state index in [9.17, 15) is 4.79 Å². The molecule has 0 unspecified atom stereocenters. The first-order valence-corrected chi connectivity index (χ1v) is 2.49. The van der Waals surface area contributed by atoms with Crippen LogP contribution in [-0.4, -0.2) is 26.8 Å². The normalized spacial score (nSPS) is 6.00. The van der Waals surface area contributed by atoms with Crippen LogP contribution in [0.5, 0.6) is 0 Å². The molecule has 0 heterocycles. The number of hydrogen-bond acceptors (Lipinski definition) is 3. The van der Waals surface area contributed by atoms with Crippen LogP contribution in [0, 0.1) is 0 Å². The van der Waals surface area contributed by atoms with Gasteiger partial charge in [0.1, 0.15) is 7.11 Å². The van der Waals surface area contributed by atoms with Gasteiger partial charge in [-0.25, -0.2) is 0 Å². The van der Waals surface area contributed by atoms with E-state index < -0.39 is 0 Å². The van der Waals surface area contributed by atoms with Gasteiger partial charge in [-0.05, 0) is 6.92 Å². The van der Waals surface area contributed by atoms with Crippen molar-refractivity contribution in [2.75, 3.05) is 13.7 Å². The Balaban J connectivity index is 0. The van der Waals surface area contributed by atoms with Gasteiger partial charge < -0.3 is 10.2 Å². The highest BCUT2D eigenvalue weighted by atomic mass is 16.6. The van der Waals surface area contributed by atoms with Gasteiger partial charge in [0.25, 0.3) is 0 Å². The van der Waals surface area contributed by atoms with E-state index in [0.29, 0.717) is 6.41 Å². The lowest BCUT2D eigenvalue weighted by atomic mass is 10.8. The van der Waals surface area contributed by atoms with Crippen LogP contribution in [0.15, 0.2) is 5.16 Å². The summed E-state index contributed by atoms with van der Waals surface area (Å²) in [6.45, 7) is 5.60. The topological polar surface area (TPSA) is 50.7 Å². The molecule has 0 spiro atoms. The van der Waals surface area contributed by atoms with Crippen molar-refractivity contribution in [2.24, 2.45) is 5.16 Å². The zero-order valence-corrected chi connectivity index (χ0v) is 5.76. The van der Waals surface area contributed by atoms with Crippen LogP contribution in [0.4, 0.5) is 0 Å². The van der Waals surface area contributed by atoms with Crippen molar-refractivity contribution in [3.8, 4) is 0 Å². The molecule has 0 bridgehead atoms. The van der Waals surface area contributed by atoms with Gasteiger partial charge in [-0.15, -0.1) is 5.16 Å². The molecule has 0 aliphatic heterocycles. The van der Waals surface area contributed by atoms with Gasteiger partial charge in [0.05, 0.1) is 0 Å². The largest absolute Gasteiger partial charge is 0.400 e. The predicted molar refractivity (Wildman–Crippen MR) is 36.3 cm³/mol. The van der Waals surface area contributed by atoms with Crippen LogP contribution in [0.1, 0.15) is 6.92 Å². The highest BCUT2D eigenvalue weighted by Gasteiger charge is 1.59. The highest BCUT2D eigenvalue weighted by molar-refractivity contribution is 5.45. The maximum Gasteiger partial charge on any atom is 0.207 e. The summed E-state index contributed by atoms with van der Waals surface area (Å²) in [6.07, 6.45) is 0.681. The fourth-order valence-electron chi connectivity index (χ4n) is 0.0833. The lowest BCUT2D eigenvalue weighted by Crippen LogP contribution is -2.07. The number of oxime groups is 1. The van der Waals surface area contributed by atoms with Crippen LogP contribution in [0.25, 0.3) is 0 Å². The summed E-state index contributed by atoms with van der Waals surface area (Å²) in [5, 5.41) is 5.42. The Hall–Kier alpha value is -1.06. The Morgan fingerprint density at radius 1 is 1.89 bits per heavy atom. The fraction of sp³-hybridized carbons (Fsp3) is 0.600. The molecule has 0 aromatic carbocycles. The van der Waals surface area contributed by atoms with Crippen molar-refractivity contribution in [2.45, 2.75) is 6.92 Å². The van der Waals surface area contributed by atoms with Crippen molar-refractivity contribution in [1.82, 2.24) is 5.32 Å². The van der Waals surface area contributed by atoms with E-state index >= 15 is 0 Å². The number of nitrogens with zero attached hydrogens (tertiary/aromatic N) is 1. The minimum absolute atomic E-state index is 0.681. The molecule has 1 amide bonds. The van der Waals surface area contributed by atoms with Gasteiger partial charge in [0, 0.05) is 13.3 Å². The molecule has 0 aromatic rings. The van der Waals surface area contributed by atoms with E-state index in [0.717, 1.165) is 6.54 Å². The van der Waals surface area contributed by atoms with Crippen LogP contribution in [-0.2, 0) is 9.63 Å². The van der Waals surface area contributed by atoms with E-state index in [-0.39, 0.29) is 0 Å². The lowest BCUT2D eigenvalue weighted by molar-refractivity contribution is -0.109. The number of nitrogens with one attached hydrogen (secondary N) is 1. The molecule has 54 valence electrons. The van der Waals surface area contributed by atoms with Gasteiger partial charge in [-0.1, -0.05) is 0 Å². The average molecular weight is 132 g/mol. The molecule has 0 atom stereocenters. The smallest absolute Gasteiger partial charge is 0.207 e. The summed E-state index contributed by atoms with van der Waals surface area (Å²) >= 11 is 0. The third-order valence-corrected chi connectivity index (χ3v) is 0.417. The summed E-state index contributed by atoms with van der Waals surface area (Å²) in [5.74, 6) is 0. The average Bonchev–Trinajstić information content (AvgIpc) is 1.91. The maximum atomic E-state index is 9.29. The van der Waals surface area contributed by atoms with Crippen LogP contribution < -0.4 is 5.32 Å². The predicted octanol–water partition coefficient (Wildman–Crippen LogP) is 0.000700. The van der Waals surface area contributed by atoms with Crippen LogP contribution in [0.3, 0.4) is 0 Å². The Bertz CT molecular complexity index is 66.0. The van der Waals surface area contributed by atoms with Crippen molar-refractivity contribution < 1.29 is 9.63 Å². The zero-order valence-electron chi connectivity index (χ0n) is 5.76. The molecular formula is C5H12N2O2. The SMILES string of the molecule is C=NOC.CCNC=O. The Morgan fingerprint density at radius 2 is 2.33 bits per heavy atom. The Kier molecular flexibility index (Phi) is 19.0. The van der Waals surface area contributed by atoms with Gasteiger partial charge in [-0.3, -0.25) is 4.79 Å². The molecule has 1 N–H and O–H groups in total. The summed E-state index contributed by atoms with van der Waals surface area (Å²) in [7, 11) is 1.45. The first-order chi connectivity index (χ1) is 4.33. The number of amides is 1. The molecule has 0 aliphatic rings. The number of carbonyl (C=O) groups is 1. The van der Waals surface area contributed by atoms with Gasteiger partial charge in [-0.2, -0.15) is 0 Å². The molecule has 0 aromatic heterocycles. The van der Waals surface area contributed by atoms with Crippen molar-refractivity contribution in [1.29, 1.82) is 0 Å². The monoisotopic (exact) mass is 132 g/mol. The molecule has 9 heavy (non-hydrogen) atoms. The minimum Gasteiger partial charge on any atom is -0.400 e. The number of hydrogen-bond donors (Lipinski definition) is 1. The van der Waals surface area contributed by atoms with E-state index in [1.807, 2.05) is 6.92 Å². The number of rotatable bonds is 3. The number of carbonyl (C=O) groups excluding carboxylic acids is 1. The first kappa shape index (κ1) is 10.8. The van der Waals surface area contributed by atoms with E-state index in [2.05, 4.69) is 22.0 Å². The highest BCUT2D eigenvalue weighted by Crippen LogP contribution is 1.49. The van der Waals surface area contributed by atoms with Gasteiger partial charge in [0.15, 0.2) is 0 Å². The standard InChI is InChI=1S/C3H7NO.C2H5NO/c1-2-4-3-5;1-3-4-2/h3H,2H2,1H3,(H,4,5);1H2,2H3. The summed E-state index contributed by atoms with van der Waals surface area (Å²) in [5.41, 5.74) is 0. The van der Waals surface area contributed by atoms with Crippen molar-refractivity contribution in [3.63, 3.8) is 0 Å². The van der Waals surface area contributed by atoms with Crippen molar-refractivity contribution in [3.05, 3.63) is 0 Å². The second-order valence-corrected chi connectivity index (χ2v) is 0.987. The molecule has 4 nitrogen and oxygen atoms in total. The molecule has 4 heteroatoms. The second-order valence-electron chi connectivity index (χ2n) is 0.987. The third-order valence-electron chi connectivity index (χ3n) is 0.417. The van der Waals surface area contributed by atoms with Gasteiger partial charge in [0.2, 0.25) is 6.41 Å². The Morgan fingerprint density at radius 3 is 2.33 bits per heavy atom. The molecular weight excluding hydrogens is 120 g/mol. The van der Waals surface area contributed by atoms with Gasteiger partial charge >= 0.3 is 0 Å². The molecule has 0 rings (SSSR count). The fourth-order valence-corrected chi connectivity index (χ4v) is 0.0833. The molecule has 0 aliphatic carbocycles. The summed E-state index contributed by atoms with van der Waals surface area (Å²) < 4.78 is 0. The summed E-state index contributed by atoms with van der Waals surface area (Å²) in [4.78, 5) is 13.3. The van der Waals surface area contributed by atoms with E-state index in [1.165, 1.54) is 7.11 Å². The van der Waals surface area contributed by atoms with Crippen LogP contribution in [0.2, 0.25) is 0 Å². The zero-order chi connectivity index (χ0) is 7.54. The molecule has 0 saturated heterocycles. The van der Waals surface area contributed by atoms with Crippen LogP contribution >= 0.6 is 0 Å².